The highest BCUT2D eigenvalue weighted by atomic mass is 16.5. The third kappa shape index (κ3) is 1.82. The van der Waals surface area contributed by atoms with Gasteiger partial charge in [-0.25, -0.2) is 9.59 Å². The van der Waals surface area contributed by atoms with Crippen LogP contribution in [0.3, 0.4) is 0 Å². The summed E-state index contributed by atoms with van der Waals surface area (Å²) < 4.78 is 10.1. The van der Waals surface area contributed by atoms with Gasteiger partial charge in [-0.15, -0.1) is 0 Å². The molecule has 0 heterocycles. The predicted octanol–water partition coefficient (Wildman–Crippen LogP) is 3.09. The molecule has 0 N–H and O–H groups in total. The number of carbonyl (C=O) groups excluding carboxylic acids is 2. The lowest BCUT2D eigenvalue weighted by Gasteiger charge is -2.48. The number of hydrogen-bond acceptors (Lipinski definition) is 4. The molecular weight excluding hydrogens is 316 g/mol. The molecule has 0 saturated heterocycles. The summed E-state index contributed by atoms with van der Waals surface area (Å²) in [6.45, 7) is 1.98. The van der Waals surface area contributed by atoms with Gasteiger partial charge in [-0.05, 0) is 29.2 Å². The molecule has 2 aromatic rings. The number of esters is 2. The van der Waals surface area contributed by atoms with Crippen LogP contribution >= 0.6 is 0 Å². The summed E-state index contributed by atoms with van der Waals surface area (Å²) in [5, 5.41) is 0. The molecule has 2 aromatic carbocycles. The van der Waals surface area contributed by atoms with E-state index in [0.29, 0.717) is 11.1 Å². The van der Waals surface area contributed by atoms with Gasteiger partial charge >= 0.3 is 11.9 Å². The molecule has 5 rings (SSSR count). The molecule has 0 fully saturated rings. The molecule has 0 unspecified atom stereocenters. The highest BCUT2D eigenvalue weighted by Crippen LogP contribution is 2.58. The number of carbonyl (C=O) groups is 2. The van der Waals surface area contributed by atoms with Crippen LogP contribution in [-0.2, 0) is 24.5 Å². The molecule has 3 aliphatic carbocycles. The van der Waals surface area contributed by atoms with Crippen molar-refractivity contribution < 1.29 is 19.1 Å². The summed E-state index contributed by atoms with van der Waals surface area (Å²) in [6.07, 6.45) is 0. The normalized spacial score (nSPS) is 22.9. The average Bonchev–Trinajstić information content (AvgIpc) is 2.66. The van der Waals surface area contributed by atoms with Crippen LogP contribution in [0.15, 0.2) is 59.7 Å². The van der Waals surface area contributed by atoms with E-state index in [1.165, 1.54) is 14.2 Å². The molecule has 0 aliphatic heterocycles. The van der Waals surface area contributed by atoms with E-state index in [2.05, 4.69) is 0 Å². The second kappa shape index (κ2) is 5.31. The fourth-order valence-corrected chi connectivity index (χ4v) is 4.46. The van der Waals surface area contributed by atoms with E-state index in [1.54, 1.807) is 0 Å². The summed E-state index contributed by atoms with van der Waals surface area (Å²) >= 11 is 0. The zero-order chi connectivity index (χ0) is 17.8. The Labute approximate surface area is 146 Å². The molecule has 0 amide bonds. The number of benzene rings is 2. The van der Waals surface area contributed by atoms with Gasteiger partial charge in [0, 0.05) is 5.92 Å². The topological polar surface area (TPSA) is 52.6 Å². The second-order valence-electron chi connectivity index (χ2n) is 6.50. The predicted molar refractivity (Wildman–Crippen MR) is 92.2 cm³/mol. The van der Waals surface area contributed by atoms with Crippen LogP contribution in [0.1, 0.15) is 35.1 Å². The minimum Gasteiger partial charge on any atom is -0.466 e. The maximum Gasteiger partial charge on any atom is 0.335 e. The van der Waals surface area contributed by atoms with Crippen molar-refractivity contribution in [2.24, 2.45) is 0 Å². The Hall–Kier alpha value is -2.88. The van der Waals surface area contributed by atoms with Gasteiger partial charge in [0.15, 0.2) is 0 Å². The first-order valence-corrected chi connectivity index (χ1v) is 8.15. The fourth-order valence-electron chi connectivity index (χ4n) is 4.46. The Morgan fingerprint density at radius 2 is 1.32 bits per heavy atom. The van der Waals surface area contributed by atoms with Crippen molar-refractivity contribution in [3.05, 3.63) is 81.9 Å². The quantitative estimate of drug-likeness (QED) is 0.792. The number of rotatable bonds is 2. The van der Waals surface area contributed by atoms with E-state index in [4.69, 9.17) is 9.47 Å². The number of ether oxygens (including phenoxy) is 2. The first kappa shape index (κ1) is 15.6. The summed E-state index contributed by atoms with van der Waals surface area (Å²) in [5.74, 6) is -1.30. The van der Waals surface area contributed by atoms with Gasteiger partial charge in [0.2, 0.25) is 0 Å². The van der Waals surface area contributed by atoms with Gasteiger partial charge in [0.25, 0.3) is 0 Å². The summed E-state index contributed by atoms with van der Waals surface area (Å²) in [5.41, 5.74) is 4.16. The smallest absolute Gasteiger partial charge is 0.335 e. The molecule has 0 radical (unpaired) electrons. The Morgan fingerprint density at radius 3 is 1.80 bits per heavy atom. The van der Waals surface area contributed by atoms with Crippen molar-refractivity contribution in [3.8, 4) is 0 Å². The Balaban J connectivity index is 2.16. The lowest BCUT2D eigenvalue weighted by Crippen LogP contribution is -2.45. The van der Waals surface area contributed by atoms with Crippen LogP contribution in [0.2, 0.25) is 0 Å². The van der Waals surface area contributed by atoms with Crippen molar-refractivity contribution in [1.29, 1.82) is 0 Å². The SMILES string of the molecule is COC(=O)C1=C(C(=O)OC)C2(C)c3ccccc3C1c1ccccc12. The zero-order valence-electron chi connectivity index (χ0n) is 14.3. The van der Waals surface area contributed by atoms with Crippen LogP contribution in [0.5, 0.6) is 0 Å². The van der Waals surface area contributed by atoms with Gasteiger partial charge in [0.1, 0.15) is 0 Å². The summed E-state index contributed by atoms with van der Waals surface area (Å²) in [7, 11) is 2.68. The van der Waals surface area contributed by atoms with Crippen molar-refractivity contribution >= 4 is 11.9 Å². The zero-order valence-corrected chi connectivity index (χ0v) is 14.3. The molecule has 3 aliphatic rings. The van der Waals surface area contributed by atoms with Crippen molar-refractivity contribution in [3.63, 3.8) is 0 Å². The van der Waals surface area contributed by atoms with Gasteiger partial charge in [-0.2, -0.15) is 0 Å². The van der Waals surface area contributed by atoms with E-state index in [1.807, 2.05) is 55.5 Å². The summed E-state index contributed by atoms with van der Waals surface area (Å²) in [4.78, 5) is 25.4. The number of methoxy groups -OCH3 is 2. The highest BCUT2D eigenvalue weighted by molar-refractivity contribution is 6.07. The van der Waals surface area contributed by atoms with Crippen molar-refractivity contribution in [2.45, 2.75) is 18.3 Å². The monoisotopic (exact) mass is 334 g/mol. The molecule has 0 aromatic heterocycles. The Bertz CT molecular complexity index is 891. The number of hydrogen-bond donors (Lipinski definition) is 0. The Morgan fingerprint density at radius 1 is 0.840 bits per heavy atom. The minimum atomic E-state index is -0.751. The van der Waals surface area contributed by atoms with Crippen molar-refractivity contribution in [2.75, 3.05) is 14.2 Å². The van der Waals surface area contributed by atoms with Gasteiger partial charge in [-0.1, -0.05) is 48.5 Å². The van der Waals surface area contributed by atoms with Crippen molar-refractivity contribution in [1.82, 2.24) is 0 Å². The van der Waals surface area contributed by atoms with E-state index in [0.717, 1.165) is 22.3 Å². The maximum atomic E-state index is 12.7. The van der Waals surface area contributed by atoms with Gasteiger partial charge in [-0.3, -0.25) is 0 Å². The third-order valence-corrected chi connectivity index (χ3v) is 5.47. The van der Waals surface area contributed by atoms with Gasteiger partial charge < -0.3 is 9.47 Å². The maximum absolute atomic E-state index is 12.7. The molecule has 4 nitrogen and oxygen atoms in total. The largest absolute Gasteiger partial charge is 0.466 e. The lowest BCUT2D eigenvalue weighted by molar-refractivity contribution is -0.140. The summed E-state index contributed by atoms with van der Waals surface area (Å²) in [6, 6.07) is 15.9. The van der Waals surface area contributed by atoms with E-state index < -0.39 is 17.4 Å². The van der Waals surface area contributed by atoms with Crippen LogP contribution in [0.4, 0.5) is 0 Å². The molecule has 0 spiro atoms. The molecular formula is C21H18O4. The first-order chi connectivity index (χ1) is 12.1. The van der Waals surface area contributed by atoms with E-state index >= 15 is 0 Å². The molecule has 0 atom stereocenters. The highest BCUT2D eigenvalue weighted by Gasteiger charge is 2.54. The van der Waals surface area contributed by atoms with Crippen LogP contribution < -0.4 is 0 Å². The van der Waals surface area contributed by atoms with E-state index in [9.17, 15) is 9.59 Å². The Kier molecular flexibility index (Phi) is 3.32. The molecule has 126 valence electrons. The standard InChI is InChI=1S/C21H18O4/c1-21-14-10-6-4-8-12(14)16(13-9-5-7-11-15(13)21)17(19(22)24-2)18(21)20(23)25-3/h4-11,16H,1-3H3. The van der Waals surface area contributed by atoms with E-state index in [-0.39, 0.29) is 5.92 Å². The van der Waals surface area contributed by atoms with Gasteiger partial charge in [0.05, 0.1) is 30.8 Å². The first-order valence-electron chi connectivity index (χ1n) is 8.15. The molecule has 0 saturated carbocycles. The van der Waals surface area contributed by atoms with Crippen LogP contribution in [-0.4, -0.2) is 26.2 Å². The van der Waals surface area contributed by atoms with Crippen LogP contribution in [0, 0.1) is 0 Å². The second-order valence-corrected chi connectivity index (χ2v) is 6.50. The lowest BCUT2D eigenvalue weighted by atomic mass is 9.53. The minimum absolute atomic E-state index is 0.323. The third-order valence-electron chi connectivity index (χ3n) is 5.47. The molecule has 2 bridgehead atoms. The van der Waals surface area contributed by atoms with Crippen LogP contribution in [0.25, 0.3) is 0 Å². The average molecular weight is 334 g/mol. The molecule has 25 heavy (non-hydrogen) atoms. The fraction of sp³-hybridized carbons (Fsp3) is 0.238. The molecule has 4 heteroatoms.